The van der Waals surface area contributed by atoms with Crippen molar-refractivity contribution in [2.45, 2.75) is 25.8 Å². The van der Waals surface area contributed by atoms with Crippen molar-refractivity contribution in [1.82, 2.24) is 4.98 Å². The van der Waals surface area contributed by atoms with E-state index in [2.05, 4.69) is 15.6 Å². The fraction of sp³-hybridized carbons (Fsp3) is 0.286. The van der Waals surface area contributed by atoms with Crippen LogP contribution >= 0.6 is 11.3 Å². The third kappa shape index (κ3) is 3.27. The van der Waals surface area contributed by atoms with Crippen LogP contribution in [0.15, 0.2) is 29.8 Å². The Bertz CT molecular complexity index is 622. The number of carbonyl (C=O) groups is 1. The fourth-order valence-corrected chi connectivity index (χ4v) is 2.46. The Kier molecular flexibility index (Phi) is 3.56. The van der Waals surface area contributed by atoms with Crippen molar-refractivity contribution in [1.29, 1.82) is 0 Å². The molecule has 1 aromatic heterocycles. The molecular weight excluding hydrogens is 274 g/mol. The smallest absolute Gasteiger partial charge is 0.388 e. The molecule has 6 heteroatoms. The van der Waals surface area contributed by atoms with E-state index in [1.807, 2.05) is 31.2 Å². The number of hydrogen-bond acceptors (Lipinski definition) is 5. The zero-order valence-electron chi connectivity index (χ0n) is 11.1. The lowest BCUT2D eigenvalue weighted by Gasteiger charge is -2.07. The lowest BCUT2D eigenvalue weighted by molar-refractivity contribution is 0.214. The van der Waals surface area contributed by atoms with Crippen LogP contribution in [0, 0.1) is 6.92 Å². The second kappa shape index (κ2) is 5.50. The van der Waals surface area contributed by atoms with Crippen LogP contribution in [0.1, 0.15) is 18.4 Å². The molecule has 1 heterocycles. The molecule has 1 aromatic carbocycles. The van der Waals surface area contributed by atoms with Crippen LogP contribution in [0.3, 0.4) is 0 Å². The van der Waals surface area contributed by atoms with Crippen molar-refractivity contribution in [2.24, 2.45) is 0 Å². The first-order valence-corrected chi connectivity index (χ1v) is 7.34. The molecule has 1 saturated carbocycles. The molecule has 1 amide bonds. The molecule has 0 aliphatic heterocycles. The molecule has 104 valence electrons. The van der Waals surface area contributed by atoms with E-state index in [1.165, 1.54) is 11.3 Å². The summed E-state index contributed by atoms with van der Waals surface area (Å²) in [6, 6.07) is 8.05. The fourth-order valence-electron chi connectivity index (χ4n) is 1.77. The Labute approximate surface area is 121 Å². The number of ether oxygens (including phenoxy) is 1. The van der Waals surface area contributed by atoms with Crippen LogP contribution in [0.5, 0.6) is 5.88 Å². The third-order valence-electron chi connectivity index (χ3n) is 2.90. The number of rotatable bonds is 4. The van der Waals surface area contributed by atoms with Crippen LogP contribution in [-0.4, -0.2) is 17.1 Å². The van der Waals surface area contributed by atoms with Crippen LogP contribution in [0.25, 0.3) is 0 Å². The summed E-state index contributed by atoms with van der Waals surface area (Å²) in [5.41, 5.74) is 3.45. The topological polar surface area (TPSA) is 63.2 Å². The van der Waals surface area contributed by atoms with Gasteiger partial charge in [0.25, 0.3) is 5.88 Å². The van der Waals surface area contributed by atoms with E-state index in [-0.39, 0.29) is 0 Å². The molecule has 0 unspecified atom stereocenters. The van der Waals surface area contributed by atoms with Gasteiger partial charge in [-0.1, -0.05) is 12.1 Å². The Hall–Kier alpha value is -2.08. The van der Waals surface area contributed by atoms with Gasteiger partial charge in [-0.3, -0.25) is 5.32 Å². The van der Waals surface area contributed by atoms with Crippen molar-refractivity contribution < 1.29 is 9.53 Å². The van der Waals surface area contributed by atoms with Gasteiger partial charge in [0.05, 0.1) is 5.51 Å². The molecule has 2 N–H and O–H groups in total. The molecule has 0 atom stereocenters. The summed E-state index contributed by atoms with van der Waals surface area (Å²) in [7, 11) is 0. The van der Waals surface area contributed by atoms with Gasteiger partial charge in [0.1, 0.15) is 0 Å². The van der Waals surface area contributed by atoms with Gasteiger partial charge in [-0.15, -0.1) is 11.3 Å². The maximum Gasteiger partial charge on any atom is 0.418 e. The molecule has 2 aromatic rings. The molecule has 0 spiro atoms. The second-order valence-electron chi connectivity index (χ2n) is 4.79. The average Bonchev–Trinajstić information content (AvgIpc) is 3.11. The van der Waals surface area contributed by atoms with Crippen molar-refractivity contribution in [2.75, 3.05) is 10.6 Å². The highest BCUT2D eigenvalue weighted by Crippen LogP contribution is 2.33. The first-order valence-electron chi connectivity index (χ1n) is 6.46. The van der Waals surface area contributed by atoms with E-state index in [1.54, 1.807) is 5.51 Å². The maximum atomic E-state index is 11.8. The quantitative estimate of drug-likeness (QED) is 0.902. The first kappa shape index (κ1) is 12.9. The number of benzene rings is 1. The van der Waals surface area contributed by atoms with Gasteiger partial charge in [0.15, 0.2) is 5.00 Å². The van der Waals surface area contributed by atoms with Crippen molar-refractivity contribution >= 4 is 28.1 Å². The highest BCUT2D eigenvalue weighted by atomic mass is 32.1. The van der Waals surface area contributed by atoms with Gasteiger partial charge in [-0.2, -0.15) is 0 Å². The Morgan fingerprint density at radius 2 is 2.30 bits per heavy atom. The summed E-state index contributed by atoms with van der Waals surface area (Å²) in [6.45, 7) is 1.97. The number of thiazole rings is 1. The molecule has 5 nitrogen and oxygen atoms in total. The lowest BCUT2D eigenvalue weighted by Crippen LogP contribution is -2.17. The number of nitrogens with zero attached hydrogens (tertiary/aromatic N) is 1. The molecule has 0 saturated heterocycles. The first-order chi connectivity index (χ1) is 9.70. The zero-order chi connectivity index (χ0) is 13.9. The average molecular weight is 289 g/mol. The number of hydrogen-bond donors (Lipinski definition) is 2. The van der Waals surface area contributed by atoms with Crippen LogP contribution in [-0.2, 0) is 0 Å². The van der Waals surface area contributed by atoms with Gasteiger partial charge >= 0.3 is 6.09 Å². The van der Waals surface area contributed by atoms with Gasteiger partial charge in [-0.25, -0.2) is 9.78 Å². The lowest BCUT2D eigenvalue weighted by atomic mass is 10.2. The SMILES string of the molecule is Cc1cccc(NC(=O)Oc2ncsc2NC2CC2)c1. The summed E-state index contributed by atoms with van der Waals surface area (Å²) in [5.74, 6) is 0.340. The van der Waals surface area contributed by atoms with Gasteiger partial charge in [0, 0.05) is 11.7 Å². The third-order valence-corrected chi connectivity index (χ3v) is 3.64. The number of aryl methyl sites for hydroxylation is 1. The van der Waals surface area contributed by atoms with E-state index < -0.39 is 6.09 Å². The zero-order valence-corrected chi connectivity index (χ0v) is 11.9. The molecule has 20 heavy (non-hydrogen) atoms. The van der Waals surface area contributed by atoms with Gasteiger partial charge < -0.3 is 10.1 Å². The predicted octanol–water partition coefficient (Wildman–Crippen LogP) is 3.64. The van der Waals surface area contributed by atoms with Crippen LogP contribution < -0.4 is 15.4 Å². The van der Waals surface area contributed by atoms with Crippen molar-refractivity contribution in [3.63, 3.8) is 0 Å². The standard InChI is InChI=1S/C14H15N3O2S/c1-9-3-2-4-11(7-9)17-14(18)19-12-13(20-8-15-12)16-10-5-6-10/h2-4,7-8,10,16H,5-6H2,1H3,(H,17,18). The van der Waals surface area contributed by atoms with E-state index in [0.717, 1.165) is 23.4 Å². The Morgan fingerprint density at radius 3 is 3.05 bits per heavy atom. The number of anilines is 2. The molecule has 1 fully saturated rings. The minimum atomic E-state index is -0.527. The van der Waals surface area contributed by atoms with E-state index in [4.69, 9.17) is 4.74 Å². The predicted molar refractivity (Wildman–Crippen MR) is 79.6 cm³/mol. The van der Waals surface area contributed by atoms with Crippen molar-refractivity contribution in [3.8, 4) is 5.88 Å². The van der Waals surface area contributed by atoms with E-state index in [0.29, 0.717) is 17.6 Å². The number of amides is 1. The molecule has 0 radical (unpaired) electrons. The molecule has 1 aliphatic rings. The number of carbonyl (C=O) groups excluding carboxylic acids is 1. The van der Waals surface area contributed by atoms with Crippen LogP contribution in [0.2, 0.25) is 0 Å². The summed E-state index contributed by atoms with van der Waals surface area (Å²) >= 11 is 1.44. The van der Waals surface area contributed by atoms with Gasteiger partial charge in [0.2, 0.25) is 0 Å². The monoisotopic (exact) mass is 289 g/mol. The summed E-state index contributed by atoms with van der Waals surface area (Å²) in [4.78, 5) is 15.9. The van der Waals surface area contributed by atoms with E-state index >= 15 is 0 Å². The molecule has 0 bridgehead atoms. The highest BCUT2D eigenvalue weighted by molar-refractivity contribution is 7.14. The number of nitrogens with one attached hydrogen (secondary N) is 2. The minimum absolute atomic E-state index is 0.340. The molecular formula is C14H15N3O2S. The highest BCUT2D eigenvalue weighted by Gasteiger charge is 2.24. The second-order valence-corrected chi connectivity index (χ2v) is 5.64. The Morgan fingerprint density at radius 1 is 1.45 bits per heavy atom. The van der Waals surface area contributed by atoms with Crippen LogP contribution in [0.4, 0.5) is 15.5 Å². The summed E-state index contributed by atoms with van der Waals surface area (Å²) in [6.07, 6.45) is 1.79. The summed E-state index contributed by atoms with van der Waals surface area (Å²) in [5, 5.41) is 6.80. The summed E-state index contributed by atoms with van der Waals surface area (Å²) < 4.78 is 5.24. The minimum Gasteiger partial charge on any atom is -0.388 e. The maximum absolute atomic E-state index is 11.8. The Balaban J connectivity index is 1.62. The molecule has 3 rings (SSSR count). The van der Waals surface area contributed by atoms with Crippen molar-refractivity contribution in [3.05, 3.63) is 35.3 Å². The van der Waals surface area contributed by atoms with E-state index in [9.17, 15) is 4.79 Å². The van der Waals surface area contributed by atoms with Gasteiger partial charge in [-0.05, 0) is 37.5 Å². The number of aromatic nitrogens is 1. The normalized spacial score (nSPS) is 13.8. The largest absolute Gasteiger partial charge is 0.418 e. The molecule has 1 aliphatic carbocycles.